The first-order valence-corrected chi connectivity index (χ1v) is 7.68. The molecule has 110 valence electrons. The lowest BCUT2D eigenvalue weighted by atomic mass is 9.94. The van der Waals surface area contributed by atoms with Gasteiger partial charge in [0.25, 0.3) is 5.91 Å². The van der Waals surface area contributed by atoms with Crippen molar-refractivity contribution in [3.8, 4) is 0 Å². The maximum Gasteiger partial charge on any atom is 0.254 e. The minimum Gasteiger partial charge on any atom is -0.385 e. The topological polar surface area (TPSA) is 32.3 Å². The third-order valence-electron chi connectivity index (χ3n) is 4.22. The monoisotopic (exact) mass is 274 g/mol. The van der Waals surface area contributed by atoms with Crippen molar-refractivity contribution in [2.45, 2.75) is 46.6 Å². The van der Waals surface area contributed by atoms with E-state index in [2.05, 4.69) is 33.0 Å². The Morgan fingerprint density at radius 2 is 2.10 bits per heavy atom. The van der Waals surface area contributed by atoms with Crippen LogP contribution in [-0.4, -0.2) is 29.9 Å². The van der Waals surface area contributed by atoms with Gasteiger partial charge in [0.2, 0.25) is 0 Å². The molecule has 1 heterocycles. The summed E-state index contributed by atoms with van der Waals surface area (Å²) in [6.07, 6.45) is 2.34. The number of anilines is 1. The van der Waals surface area contributed by atoms with Gasteiger partial charge in [-0.25, -0.2) is 0 Å². The number of benzene rings is 1. The second kappa shape index (κ2) is 6.29. The molecule has 3 heteroatoms. The molecule has 2 atom stereocenters. The van der Waals surface area contributed by atoms with Crippen LogP contribution in [0.3, 0.4) is 0 Å². The molecule has 1 aromatic carbocycles. The van der Waals surface area contributed by atoms with E-state index in [1.807, 2.05) is 23.1 Å². The molecule has 0 saturated carbocycles. The number of aryl methyl sites for hydroxylation is 1. The summed E-state index contributed by atoms with van der Waals surface area (Å²) in [6.45, 7) is 10.3. The highest BCUT2D eigenvalue weighted by Crippen LogP contribution is 2.24. The summed E-state index contributed by atoms with van der Waals surface area (Å²) in [5.74, 6) is 0.785. The van der Waals surface area contributed by atoms with Gasteiger partial charge < -0.3 is 10.2 Å². The van der Waals surface area contributed by atoms with Gasteiger partial charge in [-0.1, -0.05) is 6.92 Å². The Labute approximate surface area is 122 Å². The summed E-state index contributed by atoms with van der Waals surface area (Å²) in [5.41, 5.74) is 3.06. The summed E-state index contributed by atoms with van der Waals surface area (Å²) in [7, 11) is 0. The lowest BCUT2D eigenvalue weighted by molar-refractivity contribution is 0.0574. The summed E-state index contributed by atoms with van der Waals surface area (Å²) in [4.78, 5) is 14.7. The average Bonchev–Trinajstić information content (AvgIpc) is 2.43. The first-order valence-electron chi connectivity index (χ1n) is 7.68. The first-order chi connectivity index (χ1) is 9.52. The van der Waals surface area contributed by atoms with Gasteiger partial charge in [0.15, 0.2) is 0 Å². The first kappa shape index (κ1) is 14.9. The fourth-order valence-electron chi connectivity index (χ4n) is 2.92. The van der Waals surface area contributed by atoms with Crippen molar-refractivity contribution < 1.29 is 4.79 Å². The standard InChI is InChI=1S/C17H26N2O/c1-5-18-16-9-8-15(10-13(16)3)17(20)19-11-12(2)6-7-14(19)4/h8-10,12,14,18H,5-7,11H2,1-4H3. The molecular formula is C17H26N2O. The SMILES string of the molecule is CCNc1ccc(C(=O)N2CC(C)CCC2C)cc1C. The van der Waals surface area contributed by atoms with Crippen LogP contribution < -0.4 is 5.32 Å². The number of piperidine rings is 1. The third-order valence-corrected chi connectivity index (χ3v) is 4.22. The lowest BCUT2D eigenvalue weighted by Crippen LogP contribution is -2.44. The Morgan fingerprint density at radius 1 is 1.35 bits per heavy atom. The molecular weight excluding hydrogens is 248 g/mol. The van der Waals surface area contributed by atoms with Gasteiger partial charge in [0.1, 0.15) is 0 Å². The van der Waals surface area contributed by atoms with Gasteiger partial charge in [-0.2, -0.15) is 0 Å². The summed E-state index contributed by atoms with van der Waals surface area (Å²) < 4.78 is 0. The Kier molecular flexibility index (Phi) is 4.69. The van der Waals surface area contributed by atoms with Gasteiger partial charge in [0, 0.05) is 30.4 Å². The zero-order chi connectivity index (χ0) is 14.7. The van der Waals surface area contributed by atoms with Crippen LogP contribution in [0.15, 0.2) is 18.2 Å². The van der Waals surface area contributed by atoms with Crippen molar-refractivity contribution in [1.29, 1.82) is 0 Å². The smallest absolute Gasteiger partial charge is 0.254 e. The Morgan fingerprint density at radius 3 is 2.75 bits per heavy atom. The predicted molar refractivity (Wildman–Crippen MR) is 84.2 cm³/mol. The summed E-state index contributed by atoms with van der Waals surface area (Å²) in [6, 6.07) is 6.32. The van der Waals surface area contributed by atoms with E-state index in [4.69, 9.17) is 0 Å². The number of hydrogen-bond donors (Lipinski definition) is 1. The molecule has 1 N–H and O–H groups in total. The van der Waals surface area contributed by atoms with Crippen LogP contribution in [-0.2, 0) is 0 Å². The van der Waals surface area contributed by atoms with Gasteiger partial charge in [-0.05, 0) is 63.3 Å². The van der Waals surface area contributed by atoms with E-state index < -0.39 is 0 Å². The second-order valence-electron chi connectivity index (χ2n) is 6.05. The van der Waals surface area contributed by atoms with Gasteiger partial charge in [0.05, 0.1) is 0 Å². The van der Waals surface area contributed by atoms with Crippen LogP contribution in [0.25, 0.3) is 0 Å². The predicted octanol–water partition coefficient (Wildman–Crippen LogP) is 3.69. The molecule has 1 fully saturated rings. The van der Waals surface area contributed by atoms with Crippen LogP contribution >= 0.6 is 0 Å². The fourth-order valence-corrected chi connectivity index (χ4v) is 2.92. The fraction of sp³-hybridized carbons (Fsp3) is 0.588. The van der Waals surface area contributed by atoms with E-state index in [1.165, 1.54) is 6.42 Å². The minimum atomic E-state index is 0.176. The second-order valence-corrected chi connectivity index (χ2v) is 6.05. The van der Waals surface area contributed by atoms with E-state index in [1.54, 1.807) is 0 Å². The average molecular weight is 274 g/mol. The number of hydrogen-bond acceptors (Lipinski definition) is 2. The molecule has 0 radical (unpaired) electrons. The highest BCUT2D eigenvalue weighted by molar-refractivity contribution is 5.95. The van der Waals surface area contributed by atoms with Gasteiger partial charge in [-0.3, -0.25) is 4.79 Å². The van der Waals surface area contributed by atoms with E-state index in [0.717, 1.165) is 36.3 Å². The number of likely N-dealkylation sites (tertiary alicyclic amines) is 1. The molecule has 3 nitrogen and oxygen atoms in total. The molecule has 1 aliphatic heterocycles. The molecule has 1 saturated heterocycles. The molecule has 20 heavy (non-hydrogen) atoms. The van der Waals surface area contributed by atoms with E-state index in [0.29, 0.717) is 12.0 Å². The van der Waals surface area contributed by atoms with Crippen molar-refractivity contribution in [2.24, 2.45) is 5.92 Å². The van der Waals surface area contributed by atoms with E-state index in [-0.39, 0.29) is 5.91 Å². The number of carbonyl (C=O) groups is 1. The highest BCUT2D eigenvalue weighted by Gasteiger charge is 2.27. The number of nitrogens with zero attached hydrogens (tertiary/aromatic N) is 1. The zero-order valence-electron chi connectivity index (χ0n) is 13.1. The zero-order valence-corrected chi connectivity index (χ0v) is 13.1. The number of amides is 1. The van der Waals surface area contributed by atoms with Crippen LogP contribution in [0.5, 0.6) is 0 Å². The number of nitrogens with one attached hydrogen (secondary N) is 1. The molecule has 0 aromatic heterocycles. The molecule has 0 bridgehead atoms. The normalized spacial score (nSPS) is 22.7. The Hall–Kier alpha value is -1.51. The molecule has 0 aliphatic carbocycles. The highest BCUT2D eigenvalue weighted by atomic mass is 16.2. The van der Waals surface area contributed by atoms with E-state index >= 15 is 0 Å². The minimum absolute atomic E-state index is 0.176. The largest absolute Gasteiger partial charge is 0.385 e. The van der Waals surface area contributed by atoms with Gasteiger partial charge >= 0.3 is 0 Å². The van der Waals surface area contributed by atoms with Crippen molar-refractivity contribution in [1.82, 2.24) is 4.90 Å². The van der Waals surface area contributed by atoms with Crippen molar-refractivity contribution in [3.05, 3.63) is 29.3 Å². The summed E-state index contributed by atoms with van der Waals surface area (Å²) in [5, 5.41) is 3.31. The quantitative estimate of drug-likeness (QED) is 0.911. The van der Waals surface area contributed by atoms with Crippen LogP contribution in [0.4, 0.5) is 5.69 Å². The Bertz CT molecular complexity index is 484. The number of rotatable bonds is 3. The van der Waals surface area contributed by atoms with Gasteiger partial charge in [-0.15, -0.1) is 0 Å². The van der Waals surface area contributed by atoms with Crippen LogP contribution in [0.2, 0.25) is 0 Å². The van der Waals surface area contributed by atoms with Crippen LogP contribution in [0.1, 0.15) is 49.5 Å². The summed E-state index contributed by atoms with van der Waals surface area (Å²) >= 11 is 0. The van der Waals surface area contributed by atoms with Crippen molar-refractivity contribution >= 4 is 11.6 Å². The molecule has 0 spiro atoms. The van der Waals surface area contributed by atoms with E-state index in [9.17, 15) is 4.79 Å². The van der Waals surface area contributed by atoms with Crippen LogP contribution in [0, 0.1) is 12.8 Å². The Balaban J connectivity index is 2.18. The molecule has 1 aromatic rings. The molecule has 1 amide bonds. The van der Waals surface area contributed by atoms with Crippen molar-refractivity contribution in [3.63, 3.8) is 0 Å². The molecule has 2 unspecified atom stereocenters. The third kappa shape index (κ3) is 3.14. The number of carbonyl (C=O) groups excluding carboxylic acids is 1. The maximum absolute atomic E-state index is 12.7. The molecule has 1 aliphatic rings. The molecule has 2 rings (SSSR count). The lowest BCUT2D eigenvalue weighted by Gasteiger charge is -2.37. The van der Waals surface area contributed by atoms with Crippen molar-refractivity contribution in [2.75, 3.05) is 18.4 Å². The maximum atomic E-state index is 12.7.